The fourth-order valence-corrected chi connectivity index (χ4v) is 1.19. The van der Waals surface area contributed by atoms with E-state index in [1.165, 1.54) is 5.56 Å². The molecule has 0 aliphatic rings. The molecule has 1 aromatic heterocycles. The van der Waals surface area contributed by atoms with Gasteiger partial charge in [0.25, 0.3) is 0 Å². The lowest BCUT2D eigenvalue weighted by Gasteiger charge is -1.98. The Morgan fingerprint density at radius 2 is 2.50 bits per heavy atom. The lowest BCUT2D eigenvalue weighted by Crippen LogP contribution is -2.13. The second-order valence-electron chi connectivity index (χ2n) is 3.20. The molecule has 0 unspecified atom stereocenters. The number of hydrogen-bond acceptors (Lipinski definition) is 3. The summed E-state index contributed by atoms with van der Waals surface area (Å²) in [6, 6.07) is 2.10. The molecule has 1 rings (SSSR count). The molecule has 14 heavy (non-hydrogen) atoms. The Morgan fingerprint density at radius 1 is 1.64 bits per heavy atom. The van der Waals surface area contributed by atoms with Crippen LogP contribution in [0.5, 0.6) is 0 Å². The van der Waals surface area contributed by atoms with Crippen molar-refractivity contribution < 1.29 is 0 Å². The molecule has 0 amide bonds. The standard InChI is InChI=1S/C10H16N4/c1-2-5-12-7-10-8-13-14(9-10)6-3-4-11/h8-9,12H,2-3,5-7H2,1H3. The molecule has 0 aliphatic carbocycles. The van der Waals surface area contributed by atoms with E-state index in [9.17, 15) is 0 Å². The predicted octanol–water partition coefficient (Wildman–Crippen LogP) is 1.30. The van der Waals surface area contributed by atoms with E-state index in [0.717, 1.165) is 19.5 Å². The Hall–Kier alpha value is -1.34. The van der Waals surface area contributed by atoms with Gasteiger partial charge in [0, 0.05) is 18.3 Å². The average Bonchev–Trinajstić information content (AvgIpc) is 2.63. The smallest absolute Gasteiger partial charge is 0.0641 e. The van der Waals surface area contributed by atoms with E-state index in [1.54, 1.807) is 0 Å². The first-order valence-electron chi connectivity index (χ1n) is 4.95. The number of nitrogens with zero attached hydrogens (tertiary/aromatic N) is 3. The third-order valence-corrected chi connectivity index (χ3v) is 1.90. The maximum absolute atomic E-state index is 8.40. The van der Waals surface area contributed by atoms with Crippen molar-refractivity contribution in [3.63, 3.8) is 0 Å². The molecular weight excluding hydrogens is 176 g/mol. The molecule has 76 valence electrons. The second kappa shape index (κ2) is 6.17. The maximum Gasteiger partial charge on any atom is 0.0641 e. The number of aryl methyl sites for hydroxylation is 1. The first kappa shape index (κ1) is 10.7. The summed E-state index contributed by atoms with van der Waals surface area (Å²) in [4.78, 5) is 0. The highest BCUT2D eigenvalue weighted by Gasteiger charge is 1.97. The van der Waals surface area contributed by atoms with Gasteiger partial charge in [0.15, 0.2) is 0 Å². The molecule has 0 bridgehead atoms. The lowest BCUT2D eigenvalue weighted by molar-refractivity contribution is 0.625. The number of nitrogens with one attached hydrogen (secondary N) is 1. The van der Waals surface area contributed by atoms with E-state index in [0.29, 0.717) is 13.0 Å². The average molecular weight is 192 g/mol. The number of hydrogen-bond donors (Lipinski definition) is 1. The van der Waals surface area contributed by atoms with Crippen LogP contribution < -0.4 is 5.32 Å². The van der Waals surface area contributed by atoms with Crippen LogP contribution in [0.2, 0.25) is 0 Å². The summed E-state index contributed by atoms with van der Waals surface area (Å²) in [7, 11) is 0. The first-order valence-corrected chi connectivity index (χ1v) is 4.95. The summed E-state index contributed by atoms with van der Waals surface area (Å²) in [5.74, 6) is 0. The van der Waals surface area contributed by atoms with Crippen molar-refractivity contribution in [3.05, 3.63) is 18.0 Å². The van der Waals surface area contributed by atoms with E-state index in [-0.39, 0.29) is 0 Å². The Labute approximate surface area is 84.5 Å². The van der Waals surface area contributed by atoms with Gasteiger partial charge >= 0.3 is 0 Å². The summed E-state index contributed by atoms with van der Waals surface area (Å²) >= 11 is 0. The fourth-order valence-electron chi connectivity index (χ4n) is 1.19. The van der Waals surface area contributed by atoms with Crippen LogP contribution in [-0.4, -0.2) is 16.3 Å². The van der Waals surface area contributed by atoms with Crippen molar-refractivity contribution in [1.29, 1.82) is 5.26 Å². The van der Waals surface area contributed by atoms with E-state index < -0.39 is 0 Å². The van der Waals surface area contributed by atoms with Gasteiger partial charge < -0.3 is 5.32 Å². The highest BCUT2D eigenvalue weighted by atomic mass is 15.3. The molecule has 0 aromatic carbocycles. The van der Waals surface area contributed by atoms with Crippen molar-refractivity contribution in [3.8, 4) is 6.07 Å². The van der Waals surface area contributed by atoms with Crippen LogP contribution in [-0.2, 0) is 13.1 Å². The first-order chi connectivity index (χ1) is 6.86. The van der Waals surface area contributed by atoms with Gasteiger partial charge in [0.05, 0.1) is 25.2 Å². The van der Waals surface area contributed by atoms with Crippen molar-refractivity contribution in [2.75, 3.05) is 6.54 Å². The lowest BCUT2D eigenvalue weighted by atomic mass is 10.3. The van der Waals surface area contributed by atoms with Gasteiger partial charge in [-0.05, 0) is 13.0 Å². The maximum atomic E-state index is 8.40. The summed E-state index contributed by atoms with van der Waals surface area (Å²) < 4.78 is 1.81. The zero-order chi connectivity index (χ0) is 10.2. The van der Waals surface area contributed by atoms with Crippen LogP contribution in [0, 0.1) is 11.3 Å². The summed E-state index contributed by atoms with van der Waals surface area (Å²) in [6.45, 7) is 4.72. The van der Waals surface area contributed by atoms with Crippen molar-refractivity contribution in [1.82, 2.24) is 15.1 Å². The molecule has 0 atom stereocenters. The van der Waals surface area contributed by atoms with E-state index in [2.05, 4.69) is 23.4 Å². The fraction of sp³-hybridized carbons (Fsp3) is 0.600. The molecule has 0 aliphatic heterocycles. The van der Waals surface area contributed by atoms with Crippen molar-refractivity contribution >= 4 is 0 Å². The third-order valence-electron chi connectivity index (χ3n) is 1.90. The van der Waals surface area contributed by atoms with Gasteiger partial charge in [0.2, 0.25) is 0 Å². The molecule has 0 spiro atoms. The van der Waals surface area contributed by atoms with Gasteiger partial charge in [-0.15, -0.1) is 0 Å². The monoisotopic (exact) mass is 192 g/mol. The molecule has 4 nitrogen and oxygen atoms in total. The largest absolute Gasteiger partial charge is 0.313 e. The van der Waals surface area contributed by atoms with Gasteiger partial charge in [-0.2, -0.15) is 10.4 Å². The quantitative estimate of drug-likeness (QED) is 0.691. The van der Waals surface area contributed by atoms with Crippen LogP contribution in [0.3, 0.4) is 0 Å². The minimum absolute atomic E-state index is 0.517. The normalized spacial score (nSPS) is 10.0. The third kappa shape index (κ3) is 3.58. The molecular formula is C10H16N4. The van der Waals surface area contributed by atoms with E-state index in [1.807, 2.05) is 17.1 Å². The SMILES string of the molecule is CCCNCc1cnn(CCC#N)c1. The van der Waals surface area contributed by atoms with Crippen molar-refractivity contribution in [2.24, 2.45) is 0 Å². The molecule has 1 heterocycles. The molecule has 4 heteroatoms. The van der Waals surface area contributed by atoms with Gasteiger partial charge in [-0.1, -0.05) is 6.92 Å². The molecule has 0 saturated heterocycles. The molecule has 1 N–H and O–H groups in total. The predicted molar refractivity (Wildman–Crippen MR) is 54.5 cm³/mol. The second-order valence-corrected chi connectivity index (χ2v) is 3.20. The zero-order valence-corrected chi connectivity index (χ0v) is 8.53. The Bertz CT molecular complexity index is 297. The van der Waals surface area contributed by atoms with Crippen LogP contribution in [0.15, 0.2) is 12.4 Å². The summed E-state index contributed by atoms with van der Waals surface area (Å²) in [5.41, 5.74) is 1.18. The number of nitriles is 1. The molecule has 0 radical (unpaired) electrons. The topological polar surface area (TPSA) is 53.6 Å². The molecule has 0 fully saturated rings. The number of rotatable bonds is 6. The Morgan fingerprint density at radius 3 is 3.21 bits per heavy atom. The van der Waals surface area contributed by atoms with E-state index >= 15 is 0 Å². The minimum Gasteiger partial charge on any atom is -0.313 e. The van der Waals surface area contributed by atoms with Crippen LogP contribution in [0.1, 0.15) is 25.3 Å². The minimum atomic E-state index is 0.517. The van der Waals surface area contributed by atoms with E-state index in [4.69, 9.17) is 5.26 Å². The molecule has 0 saturated carbocycles. The zero-order valence-electron chi connectivity index (χ0n) is 8.53. The highest BCUT2D eigenvalue weighted by Crippen LogP contribution is 1.97. The Balaban J connectivity index is 2.32. The summed E-state index contributed by atoms with van der Waals surface area (Å²) in [5, 5.41) is 15.9. The summed E-state index contributed by atoms with van der Waals surface area (Å²) in [6.07, 6.45) is 5.49. The van der Waals surface area contributed by atoms with Gasteiger partial charge in [-0.3, -0.25) is 4.68 Å². The van der Waals surface area contributed by atoms with Crippen LogP contribution in [0.4, 0.5) is 0 Å². The van der Waals surface area contributed by atoms with Crippen LogP contribution in [0.25, 0.3) is 0 Å². The number of aromatic nitrogens is 2. The van der Waals surface area contributed by atoms with Crippen molar-refractivity contribution in [2.45, 2.75) is 32.9 Å². The van der Waals surface area contributed by atoms with Gasteiger partial charge in [0.1, 0.15) is 0 Å². The highest BCUT2D eigenvalue weighted by molar-refractivity contribution is 5.03. The van der Waals surface area contributed by atoms with Gasteiger partial charge in [-0.25, -0.2) is 0 Å². The molecule has 1 aromatic rings. The Kier molecular flexibility index (Phi) is 4.73. The van der Waals surface area contributed by atoms with Crippen LogP contribution >= 0.6 is 0 Å².